The summed E-state index contributed by atoms with van der Waals surface area (Å²) in [4.78, 5) is 13.3. The average molecular weight is 392 g/mol. The molecule has 0 atom stereocenters. The number of rotatable bonds is 6. The van der Waals surface area contributed by atoms with Gasteiger partial charge in [-0.25, -0.2) is 0 Å². The molecule has 148 valence electrons. The molecular weight excluding hydrogens is 366 g/mol. The van der Waals surface area contributed by atoms with E-state index >= 15 is 0 Å². The van der Waals surface area contributed by atoms with Crippen LogP contribution in [0.15, 0.2) is 115 Å². The molecule has 0 spiro atoms. The van der Waals surface area contributed by atoms with Gasteiger partial charge in [0, 0.05) is 12.1 Å². The van der Waals surface area contributed by atoms with Crippen LogP contribution in [0.1, 0.15) is 28.7 Å². The van der Waals surface area contributed by atoms with E-state index in [4.69, 9.17) is 0 Å². The normalized spacial score (nSPS) is 11.1. The van der Waals surface area contributed by atoms with Crippen LogP contribution in [0.25, 0.3) is 0 Å². The second-order valence-corrected chi connectivity index (χ2v) is 7.60. The molecule has 0 fully saturated rings. The first-order valence-corrected chi connectivity index (χ1v) is 10.2. The molecule has 4 aromatic rings. The summed E-state index contributed by atoms with van der Waals surface area (Å²) >= 11 is 0. The zero-order chi connectivity index (χ0) is 20.8. The van der Waals surface area contributed by atoms with Crippen molar-refractivity contribution in [2.45, 2.75) is 18.8 Å². The Morgan fingerprint density at radius 2 is 1.13 bits per heavy atom. The fourth-order valence-corrected chi connectivity index (χ4v) is 4.14. The molecule has 0 aromatic heterocycles. The van der Waals surface area contributed by atoms with Crippen molar-refractivity contribution < 1.29 is 4.79 Å². The highest BCUT2D eigenvalue weighted by molar-refractivity contribution is 5.92. The Balaban J connectivity index is 1.83. The van der Waals surface area contributed by atoms with Gasteiger partial charge in [-0.3, -0.25) is 4.79 Å². The number of nitrogens with one attached hydrogen (secondary N) is 1. The minimum atomic E-state index is -0.586. The van der Waals surface area contributed by atoms with E-state index in [0.29, 0.717) is 6.42 Å². The summed E-state index contributed by atoms with van der Waals surface area (Å²) in [5.74, 6) is -0.0165. The first-order chi connectivity index (χ1) is 14.7. The van der Waals surface area contributed by atoms with E-state index in [0.717, 1.165) is 27.9 Å². The van der Waals surface area contributed by atoms with Crippen LogP contribution >= 0.6 is 0 Å². The molecule has 2 nitrogen and oxygen atoms in total. The van der Waals surface area contributed by atoms with Gasteiger partial charge in [-0.1, -0.05) is 103 Å². The van der Waals surface area contributed by atoms with Crippen LogP contribution in [0.2, 0.25) is 0 Å². The summed E-state index contributed by atoms with van der Waals surface area (Å²) in [6.07, 6.45) is 0.305. The van der Waals surface area contributed by atoms with E-state index in [1.54, 1.807) is 0 Å². The highest BCUT2D eigenvalue weighted by Gasteiger charge is 2.38. The Labute approximate surface area is 178 Å². The molecule has 30 heavy (non-hydrogen) atoms. The summed E-state index contributed by atoms with van der Waals surface area (Å²) in [5.41, 5.74) is 4.65. The highest BCUT2D eigenvalue weighted by atomic mass is 16.1. The topological polar surface area (TPSA) is 29.1 Å². The number of aryl methyl sites for hydroxylation is 1. The third kappa shape index (κ3) is 4.04. The zero-order valence-corrected chi connectivity index (χ0v) is 17.1. The SMILES string of the molecule is Cc1cccc(NC(=O)CC(c2ccccc2)(c2ccccc2)c2ccccc2)c1. The highest BCUT2D eigenvalue weighted by Crippen LogP contribution is 2.42. The van der Waals surface area contributed by atoms with Crippen molar-refractivity contribution in [3.05, 3.63) is 138 Å². The number of hydrogen-bond donors (Lipinski definition) is 1. The molecule has 4 aromatic carbocycles. The Morgan fingerprint density at radius 3 is 1.57 bits per heavy atom. The van der Waals surface area contributed by atoms with Crippen LogP contribution in [0, 0.1) is 6.92 Å². The van der Waals surface area contributed by atoms with Crippen molar-refractivity contribution >= 4 is 11.6 Å². The summed E-state index contributed by atoms with van der Waals surface area (Å²) in [5, 5.41) is 3.11. The van der Waals surface area contributed by atoms with E-state index in [1.807, 2.05) is 85.8 Å². The van der Waals surface area contributed by atoms with Gasteiger partial charge in [-0.05, 0) is 41.3 Å². The first kappa shape index (κ1) is 19.7. The Hall–Kier alpha value is -3.65. The lowest BCUT2D eigenvalue weighted by atomic mass is 9.67. The van der Waals surface area contributed by atoms with Crippen molar-refractivity contribution in [3.63, 3.8) is 0 Å². The van der Waals surface area contributed by atoms with E-state index in [1.165, 1.54) is 0 Å². The molecule has 0 aliphatic carbocycles. The van der Waals surface area contributed by atoms with Crippen molar-refractivity contribution in [2.75, 3.05) is 5.32 Å². The molecule has 0 bridgehead atoms. The molecule has 0 aliphatic heterocycles. The maximum absolute atomic E-state index is 13.3. The molecule has 0 unspecified atom stereocenters. The van der Waals surface area contributed by atoms with Crippen molar-refractivity contribution in [2.24, 2.45) is 0 Å². The van der Waals surface area contributed by atoms with Gasteiger partial charge >= 0.3 is 0 Å². The van der Waals surface area contributed by atoms with Gasteiger partial charge < -0.3 is 5.32 Å². The van der Waals surface area contributed by atoms with E-state index in [2.05, 4.69) is 41.7 Å². The molecule has 1 amide bonds. The number of benzene rings is 4. The van der Waals surface area contributed by atoms with E-state index < -0.39 is 5.41 Å². The number of anilines is 1. The minimum absolute atomic E-state index is 0.0165. The van der Waals surface area contributed by atoms with Crippen LogP contribution in [0.5, 0.6) is 0 Å². The summed E-state index contributed by atoms with van der Waals surface area (Å²) in [7, 11) is 0. The van der Waals surface area contributed by atoms with Crippen LogP contribution in [0.4, 0.5) is 5.69 Å². The number of amides is 1. The summed E-state index contributed by atoms with van der Waals surface area (Å²) < 4.78 is 0. The van der Waals surface area contributed by atoms with Crippen LogP contribution in [-0.4, -0.2) is 5.91 Å². The molecule has 1 N–H and O–H groups in total. The van der Waals surface area contributed by atoms with E-state index in [-0.39, 0.29) is 5.91 Å². The molecular formula is C28H25NO. The molecule has 0 radical (unpaired) electrons. The van der Waals surface area contributed by atoms with Crippen molar-refractivity contribution in [1.82, 2.24) is 0 Å². The number of hydrogen-bond acceptors (Lipinski definition) is 1. The van der Waals surface area contributed by atoms with Gasteiger partial charge in [0.25, 0.3) is 0 Å². The monoisotopic (exact) mass is 391 g/mol. The van der Waals surface area contributed by atoms with E-state index in [9.17, 15) is 4.79 Å². The summed E-state index contributed by atoms with van der Waals surface area (Å²) in [6, 6.07) is 38.8. The molecule has 4 rings (SSSR count). The standard InChI is InChI=1S/C28H25NO/c1-22-12-11-19-26(20-22)29-27(30)21-28(23-13-5-2-6-14-23,24-15-7-3-8-16-24)25-17-9-4-10-18-25/h2-20H,21H2,1H3,(H,29,30). The molecule has 0 heterocycles. The quantitative estimate of drug-likeness (QED) is 0.381. The smallest absolute Gasteiger partial charge is 0.225 e. The van der Waals surface area contributed by atoms with Crippen LogP contribution < -0.4 is 5.32 Å². The fraction of sp³-hybridized carbons (Fsp3) is 0.107. The lowest BCUT2D eigenvalue weighted by molar-refractivity contribution is -0.116. The Bertz CT molecular complexity index is 1010. The predicted molar refractivity (Wildman–Crippen MR) is 124 cm³/mol. The number of carbonyl (C=O) groups excluding carboxylic acids is 1. The Morgan fingerprint density at radius 1 is 0.667 bits per heavy atom. The van der Waals surface area contributed by atoms with Gasteiger partial charge in [0.2, 0.25) is 5.91 Å². The molecule has 0 saturated heterocycles. The predicted octanol–water partition coefficient (Wildman–Crippen LogP) is 6.36. The van der Waals surface area contributed by atoms with Crippen LogP contribution in [0.3, 0.4) is 0 Å². The first-order valence-electron chi connectivity index (χ1n) is 10.2. The Kier molecular flexibility index (Phi) is 5.76. The lowest BCUT2D eigenvalue weighted by Gasteiger charge is -2.35. The maximum atomic E-state index is 13.3. The maximum Gasteiger partial charge on any atom is 0.225 e. The average Bonchev–Trinajstić information content (AvgIpc) is 2.79. The van der Waals surface area contributed by atoms with Gasteiger partial charge in [0.1, 0.15) is 0 Å². The summed E-state index contributed by atoms with van der Waals surface area (Å²) in [6.45, 7) is 2.03. The zero-order valence-electron chi connectivity index (χ0n) is 17.1. The van der Waals surface area contributed by atoms with Gasteiger partial charge in [-0.2, -0.15) is 0 Å². The fourth-order valence-electron chi connectivity index (χ4n) is 4.14. The van der Waals surface area contributed by atoms with Crippen molar-refractivity contribution in [3.8, 4) is 0 Å². The molecule has 0 saturated carbocycles. The third-order valence-electron chi connectivity index (χ3n) is 5.53. The van der Waals surface area contributed by atoms with Gasteiger partial charge in [0.05, 0.1) is 5.41 Å². The number of carbonyl (C=O) groups is 1. The molecule has 2 heteroatoms. The second-order valence-electron chi connectivity index (χ2n) is 7.60. The molecule has 0 aliphatic rings. The second kappa shape index (κ2) is 8.79. The van der Waals surface area contributed by atoms with Crippen molar-refractivity contribution in [1.29, 1.82) is 0 Å². The van der Waals surface area contributed by atoms with Gasteiger partial charge in [-0.15, -0.1) is 0 Å². The largest absolute Gasteiger partial charge is 0.326 e. The third-order valence-corrected chi connectivity index (χ3v) is 5.53. The minimum Gasteiger partial charge on any atom is -0.326 e. The van der Waals surface area contributed by atoms with Gasteiger partial charge in [0.15, 0.2) is 0 Å². The van der Waals surface area contributed by atoms with Crippen LogP contribution in [-0.2, 0) is 10.2 Å². The lowest BCUT2D eigenvalue weighted by Crippen LogP contribution is -2.34.